The van der Waals surface area contributed by atoms with Crippen LogP contribution < -0.4 is 5.32 Å². The minimum absolute atomic E-state index is 0.0707. The number of carbonyl (C=O) groups excluding carboxylic acids is 1. The molecule has 6 nitrogen and oxygen atoms in total. The van der Waals surface area contributed by atoms with E-state index in [1.165, 1.54) is 4.90 Å². The third-order valence-corrected chi connectivity index (χ3v) is 2.47. The first-order valence-electron chi connectivity index (χ1n) is 5.26. The highest BCUT2D eigenvalue weighted by molar-refractivity contribution is 5.77. The molecule has 1 saturated heterocycles. The van der Waals surface area contributed by atoms with E-state index < -0.39 is 30.9 Å². The summed E-state index contributed by atoms with van der Waals surface area (Å²) >= 11 is 0. The zero-order valence-electron chi connectivity index (χ0n) is 9.37. The minimum Gasteiger partial charge on any atom is -0.481 e. The van der Waals surface area contributed by atoms with Crippen LogP contribution >= 0.6 is 0 Å². The highest BCUT2D eigenvalue weighted by atomic mass is 19.4. The van der Waals surface area contributed by atoms with Crippen LogP contribution in [0, 0.1) is 5.92 Å². The van der Waals surface area contributed by atoms with Crippen molar-refractivity contribution in [2.45, 2.75) is 12.8 Å². The van der Waals surface area contributed by atoms with E-state index in [0.29, 0.717) is 6.42 Å². The van der Waals surface area contributed by atoms with Crippen molar-refractivity contribution >= 4 is 12.0 Å². The van der Waals surface area contributed by atoms with Crippen molar-refractivity contribution in [2.24, 2.45) is 5.92 Å². The van der Waals surface area contributed by atoms with Crippen molar-refractivity contribution in [3.05, 3.63) is 0 Å². The zero-order valence-corrected chi connectivity index (χ0v) is 9.37. The molecule has 0 saturated carbocycles. The fourth-order valence-electron chi connectivity index (χ4n) is 1.58. The van der Waals surface area contributed by atoms with Gasteiger partial charge in [0.25, 0.3) is 0 Å². The summed E-state index contributed by atoms with van der Waals surface area (Å²) in [5, 5.41) is 10.9. The van der Waals surface area contributed by atoms with Crippen LogP contribution in [0.4, 0.5) is 18.0 Å². The number of carboxylic acids is 1. The number of nitrogens with one attached hydrogen (secondary N) is 1. The lowest BCUT2D eigenvalue weighted by atomic mass is 10.1. The van der Waals surface area contributed by atoms with Gasteiger partial charge in [0, 0.05) is 19.6 Å². The second-order valence-electron chi connectivity index (χ2n) is 3.80. The molecule has 2 N–H and O–H groups in total. The van der Waals surface area contributed by atoms with Crippen molar-refractivity contribution in [1.29, 1.82) is 0 Å². The van der Waals surface area contributed by atoms with E-state index in [-0.39, 0.29) is 19.6 Å². The number of hydrogen-bond acceptors (Lipinski definition) is 3. The summed E-state index contributed by atoms with van der Waals surface area (Å²) in [4.78, 5) is 23.3. The van der Waals surface area contributed by atoms with Gasteiger partial charge in [0.1, 0.15) is 0 Å². The zero-order chi connectivity index (χ0) is 13.8. The van der Waals surface area contributed by atoms with E-state index in [9.17, 15) is 22.8 Å². The molecular formula is C9H13F3N2O4. The largest absolute Gasteiger partial charge is 0.522 e. The standard InChI is InChI=1S/C9H13F3N2O4/c10-9(11,12)18-4-2-13-8(17)14-3-1-6(5-14)7(15)16/h6H,1-5H2,(H,13,17)(H,15,16). The number of carboxylic acid groups (broad SMARTS) is 1. The smallest absolute Gasteiger partial charge is 0.481 e. The Kier molecular flexibility index (Phi) is 4.76. The molecule has 18 heavy (non-hydrogen) atoms. The summed E-state index contributed by atoms with van der Waals surface area (Å²) < 4.78 is 38.3. The van der Waals surface area contributed by atoms with Gasteiger partial charge in [-0.25, -0.2) is 4.79 Å². The molecule has 1 heterocycles. The molecule has 0 aromatic carbocycles. The Labute approximate surface area is 101 Å². The number of hydrogen-bond donors (Lipinski definition) is 2. The van der Waals surface area contributed by atoms with Crippen molar-refractivity contribution in [1.82, 2.24) is 10.2 Å². The Morgan fingerprint density at radius 3 is 2.61 bits per heavy atom. The van der Waals surface area contributed by atoms with Crippen molar-refractivity contribution in [3.63, 3.8) is 0 Å². The second-order valence-corrected chi connectivity index (χ2v) is 3.80. The van der Waals surface area contributed by atoms with Gasteiger partial charge in [-0.15, -0.1) is 13.2 Å². The number of aliphatic carboxylic acids is 1. The molecule has 0 bridgehead atoms. The van der Waals surface area contributed by atoms with E-state index in [1.807, 2.05) is 0 Å². The SMILES string of the molecule is O=C(O)C1CCN(C(=O)NCCOC(F)(F)F)C1. The maximum Gasteiger partial charge on any atom is 0.522 e. The van der Waals surface area contributed by atoms with E-state index in [1.54, 1.807) is 0 Å². The number of halogens is 3. The molecule has 0 radical (unpaired) electrons. The van der Waals surface area contributed by atoms with Gasteiger partial charge in [0.05, 0.1) is 12.5 Å². The Hall–Kier alpha value is -1.51. The lowest BCUT2D eigenvalue weighted by Crippen LogP contribution is -2.40. The average molecular weight is 270 g/mol. The molecule has 0 aliphatic carbocycles. The molecule has 0 aromatic heterocycles. The van der Waals surface area contributed by atoms with Crippen LogP contribution in [-0.4, -0.2) is 54.6 Å². The number of amides is 2. The number of urea groups is 1. The number of rotatable bonds is 4. The molecule has 1 fully saturated rings. The highest BCUT2D eigenvalue weighted by Crippen LogP contribution is 2.16. The molecule has 1 aliphatic heterocycles. The van der Waals surface area contributed by atoms with Crippen LogP contribution in [0.5, 0.6) is 0 Å². The predicted molar refractivity (Wildman–Crippen MR) is 52.7 cm³/mol. The van der Waals surface area contributed by atoms with Gasteiger partial charge in [-0.1, -0.05) is 0 Å². The lowest BCUT2D eigenvalue weighted by Gasteiger charge is -2.16. The summed E-state index contributed by atoms with van der Waals surface area (Å²) in [5.41, 5.74) is 0. The Bertz CT molecular complexity index is 321. The molecule has 104 valence electrons. The van der Waals surface area contributed by atoms with Crippen LogP contribution in [0.3, 0.4) is 0 Å². The minimum atomic E-state index is -4.72. The van der Waals surface area contributed by atoms with E-state index in [4.69, 9.17) is 5.11 Å². The molecule has 0 spiro atoms. The number of ether oxygens (including phenoxy) is 1. The Balaban J connectivity index is 2.20. The van der Waals surface area contributed by atoms with Gasteiger partial charge >= 0.3 is 18.4 Å². The van der Waals surface area contributed by atoms with Crippen LogP contribution in [0.1, 0.15) is 6.42 Å². The molecular weight excluding hydrogens is 257 g/mol. The fourth-order valence-corrected chi connectivity index (χ4v) is 1.58. The maximum atomic E-state index is 11.6. The van der Waals surface area contributed by atoms with Crippen LogP contribution in [0.15, 0.2) is 0 Å². The number of nitrogens with zero attached hydrogens (tertiary/aromatic N) is 1. The van der Waals surface area contributed by atoms with Crippen molar-refractivity contribution in [3.8, 4) is 0 Å². The van der Waals surface area contributed by atoms with Crippen molar-refractivity contribution in [2.75, 3.05) is 26.2 Å². The quantitative estimate of drug-likeness (QED) is 0.735. The van der Waals surface area contributed by atoms with Gasteiger partial charge in [0.15, 0.2) is 0 Å². The monoisotopic (exact) mass is 270 g/mol. The lowest BCUT2D eigenvalue weighted by molar-refractivity contribution is -0.323. The molecule has 1 rings (SSSR count). The summed E-state index contributed by atoms with van der Waals surface area (Å²) in [6.07, 6.45) is -4.37. The topological polar surface area (TPSA) is 78.9 Å². The molecule has 0 aromatic rings. The molecule has 1 aliphatic rings. The predicted octanol–water partition coefficient (Wildman–Crippen LogP) is 0.639. The maximum absolute atomic E-state index is 11.6. The van der Waals surface area contributed by atoms with Gasteiger partial charge in [0.2, 0.25) is 0 Å². The fraction of sp³-hybridized carbons (Fsp3) is 0.778. The van der Waals surface area contributed by atoms with Crippen molar-refractivity contribution < 1.29 is 32.6 Å². The van der Waals surface area contributed by atoms with Gasteiger partial charge < -0.3 is 15.3 Å². The van der Waals surface area contributed by atoms with E-state index in [0.717, 1.165) is 0 Å². The molecule has 1 unspecified atom stereocenters. The third-order valence-electron chi connectivity index (χ3n) is 2.47. The van der Waals surface area contributed by atoms with Gasteiger partial charge in [-0.2, -0.15) is 0 Å². The number of likely N-dealkylation sites (tertiary alicyclic amines) is 1. The highest BCUT2D eigenvalue weighted by Gasteiger charge is 2.31. The van der Waals surface area contributed by atoms with Crippen LogP contribution in [0.25, 0.3) is 0 Å². The second kappa shape index (κ2) is 5.89. The first-order chi connectivity index (χ1) is 8.29. The van der Waals surface area contributed by atoms with Crippen LogP contribution in [0.2, 0.25) is 0 Å². The third kappa shape index (κ3) is 4.78. The molecule has 9 heteroatoms. The number of carbonyl (C=O) groups is 2. The first-order valence-corrected chi connectivity index (χ1v) is 5.26. The van der Waals surface area contributed by atoms with Gasteiger partial charge in [-0.3, -0.25) is 9.53 Å². The molecule has 2 amide bonds. The normalized spacial score (nSPS) is 19.9. The van der Waals surface area contributed by atoms with Gasteiger partial charge in [-0.05, 0) is 6.42 Å². The summed E-state index contributed by atoms with van der Waals surface area (Å²) in [6.45, 7) is -0.609. The molecule has 1 atom stereocenters. The first kappa shape index (κ1) is 14.6. The summed E-state index contributed by atoms with van der Waals surface area (Å²) in [6, 6.07) is -0.579. The van der Waals surface area contributed by atoms with E-state index in [2.05, 4.69) is 10.1 Å². The average Bonchev–Trinajstić information content (AvgIpc) is 2.72. The summed E-state index contributed by atoms with van der Waals surface area (Å²) in [5.74, 6) is -1.59. The Morgan fingerprint density at radius 1 is 1.44 bits per heavy atom. The van der Waals surface area contributed by atoms with E-state index >= 15 is 0 Å². The summed E-state index contributed by atoms with van der Waals surface area (Å²) in [7, 11) is 0. The Morgan fingerprint density at radius 2 is 2.11 bits per heavy atom. The van der Waals surface area contributed by atoms with Crippen LogP contribution in [-0.2, 0) is 9.53 Å². The number of alkyl halides is 3.